The van der Waals surface area contributed by atoms with Gasteiger partial charge in [0, 0.05) is 32.7 Å². The molecule has 114 valence electrons. The van der Waals surface area contributed by atoms with Crippen molar-refractivity contribution in [1.29, 1.82) is 0 Å². The lowest BCUT2D eigenvalue weighted by Gasteiger charge is -2.33. The number of aryl methyl sites for hydroxylation is 1. The summed E-state index contributed by atoms with van der Waals surface area (Å²) in [5, 5.41) is 6.81. The SMILES string of the molecule is Cc1ccccc1/C=N/N1CCN(Cc2ccccc2)CC1. The van der Waals surface area contributed by atoms with Crippen LogP contribution in [-0.2, 0) is 6.54 Å². The average molecular weight is 293 g/mol. The molecule has 0 unspecified atom stereocenters. The number of benzene rings is 2. The van der Waals surface area contributed by atoms with E-state index >= 15 is 0 Å². The summed E-state index contributed by atoms with van der Waals surface area (Å²) in [6.07, 6.45) is 1.99. The largest absolute Gasteiger partial charge is 0.295 e. The monoisotopic (exact) mass is 293 g/mol. The van der Waals surface area contributed by atoms with Crippen LogP contribution < -0.4 is 0 Å². The first-order chi connectivity index (χ1) is 10.8. The molecule has 2 aromatic rings. The highest BCUT2D eigenvalue weighted by atomic mass is 15.5. The Hall–Kier alpha value is -2.13. The van der Waals surface area contributed by atoms with Gasteiger partial charge in [-0.05, 0) is 23.6 Å². The van der Waals surface area contributed by atoms with Crippen molar-refractivity contribution < 1.29 is 0 Å². The lowest BCUT2D eigenvalue weighted by molar-refractivity contribution is 0.131. The Morgan fingerprint density at radius 1 is 0.909 bits per heavy atom. The molecule has 0 aliphatic carbocycles. The maximum Gasteiger partial charge on any atom is 0.0545 e. The van der Waals surface area contributed by atoms with Crippen LogP contribution in [0.1, 0.15) is 16.7 Å². The van der Waals surface area contributed by atoms with Gasteiger partial charge >= 0.3 is 0 Å². The van der Waals surface area contributed by atoms with Crippen molar-refractivity contribution in [3.8, 4) is 0 Å². The molecule has 0 spiro atoms. The summed E-state index contributed by atoms with van der Waals surface area (Å²) >= 11 is 0. The molecule has 1 saturated heterocycles. The number of rotatable bonds is 4. The van der Waals surface area contributed by atoms with Crippen molar-refractivity contribution >= 4 is 6.21 Å². The van der Waals surface area contributed by atoms with Crippen LogP contribution in [0.2, 0.25) is 0 Å². The first-order valence-corrected chi connectivity index (χ1v) is 7.92. The molecule has 3 heteroatoms. The molecule has 0 N–H and O–H groups in total. The summed E-state index contributed by atoms with van der Waals surface area (Å²) in [4.78, 5) is 2.50. The zero-order valence-electron chi connectivity index (χ0n) is 13.2. The summed E-state index contributed by atoms with van der Waals surface area (Å²) in [5.74, 6) is 0. The van der Waals surface area contributed by atoms with Crippen molar-refractivity contribution in [1.82, 2.24) is 9.91 Å². The fourth-order valence-corrected chi connectivity index (χ4v) is 2.73. The predicted molar refractivity (Wildman–Crippen MR) is 92.1 cm³/mol. The second-order valence-corrected chi connectivity index (χ2v) is 5.82. The molecule has 2 aromatic carbocycles. The van der Waals surface area contributed by atoms with Crippen LogP contribution in [0, 0.1) is 6.92 Å². The van der Waals surface area contributed by atoms with Crippen molar-refractivity contribution in [2.24, 2.45) is 5.10 Å². The lowest BCUT2D eigenvalue weighted by atomic mass is 10.1. The summed E-state index contributed by atoms with van der Waals surface area (Å²) in [5.41, 5.74) is 3.86. The smallest absolute Gasteiger partial charge is 0.0545 e. The normalized spacial score (nSPS) is 16.3. The third-order valence-electron chi connectivity index (χ3n) is 4.15. The molecule has 1 heterocycles. The zero-order chi connectivity index (χ0) is 15.2. The van der Waals surface area contributed by atoms with Gasteiger partial charge in [0.1, 0.15) is 0 Å². The third-order valence-corrected chi connectivity index (χ3v) is 4.15. The van der Waals surface area contributed by atoms with Gasteiger partial charge in [-0.15, -0.1) is 0 Å². The highest BCUT2D eigenvalue weighted by Gasteiger charge is 2.15. The van der Waals surface area contributed by atoms with Gasteiger partial charge in [-0.1, -0.05) is 54.6 Å². The predicted octanol–water partition coefficient (Wildman–Crippen LogP) is 3.15. The van der Waals surface area contributed by atoms with Crippen molar-refractivity contribution in [2.75, 3.05) is 26.2 Å². The van der Waals surface area contributed by atoms with Crippen LogP contribution in [0.15, 0.2) is 59.7 Å². The van der Waals surface area contributed by atoms with E-state index in [1.807, 2.05) is 6.21 Å². The van der Waals surface area contributed by atoms with Crippen LogP contribution in [0.25, 0.3) is 0 Å². The van der Waals surface area contributed by atoms with Crippen LogP contribution in [0.3, 0.4) is 0 Å². The van der Waals surface area contributed by atoms with Gasteiger partial charge in [0.05, 0.1) is 6.21 Å². The molecule has 1 fully saturated rings. The summed E-state index contributed by atoms with van der Waals surface area (Å²) < 4.78 is 0. The number of hydrogen-bond donors (Lipinski definition) is 0. The maximum absolute atomic E-state index is 4.64. The van der Waals surface area contributed by atoms with E-state index in [4.69, 9.17) is 0 Å². The standard InChI is InChI=1S/C19H23N3/c1-17-7-5-6-10-19(17)15-20-22-13-11-21(12-14-22)16-18-8-3-2-4-9-18/h2-10,15H,11-14,16H2,1H3/b20-15+. The lowest BCUT2D eigenvalue weighted by Crippen LogP contribution is -2.43. The van der Waals surface area contributed by atoms with Gasteiger partial charge in [0.15, 0.2) is 0 Å². The second kappa shape index (κ2) is 7.23. The van der Waals surface area contributed by atoms with E-state index in [1.54, 1.807) is 0 Å². The van der Waals surface area contributed by atoms with Gasteiger partial charge in [0.25, 0.3) is 0 Å². The topological polar surface area (TPSA) is 18.8 Å². The summed E-state index contributed by atoms with van der Waals surface area (Å²) in [6.45, 7) is 7.29. The van der Waals surface area contributed by atoms with Gasteiger partial charge in [-0.3, -0.25) is 9.91 Å². The molecule has 1 aliphatic heterocycles. The molecule has 3 rings (SSSR count). The number of piperazine rings is 1. The Morgan fingerprint density at radius 3 is 2.32 bits per heavy atom. The Kier molecular flexibility index (Phi) is 4.86. The zero-order valence-corrected chi connectivity index (χ0v) is 13.2. The fourth-order valence-electron chi connectivity index (χ4n) is 2.73. The molecule has 0 aromatic heterocycles. The van der Waals surface area contributed by atoms with E-state index in [9.17, 15) is 0 Å². The summed E-state index contributed by atoms with van der Waals surface area (Å²) in [6, 6.07) is 19.0. The Bertz CT molecular complexity index is 614. The molecule has 0 amide bonds. The molecule has 0 bridgehead atoms. The molecular weight excluding hydrogens is 270 g/mol. The van der Waals surface area contributed by atoms with Gasteiger partial charge in [-0.25, -0.2) is 0 Å². The highest BCUT2D eigenvalue weighted by Crippen LogP contribution is 2.09. The number of hydrogen-bond acceptors (Lipinski definition) is 3. The van der Waals surface area contributed by atoms with Crippen molar-refractivity contribution in [2.45, 2.75) is 13.5 Å². The summed E-state index contributed by atoms with van der Waals surface area (Å²) in [7, 11) is 0. The quantitative estimate of drug-likeness (QED) is 0.807. The first kappa shape index (κ1) is 14.8. The maximum atomic E-state index is 4.64. The second-order valence-electron chi connectivity index (χ2n) is 5.82. The third kappa shape index (κ3) is 3.95. The van der Waals surface area contributed by atoms with E-state index in [-0.39, 0.29) is 0 Å². The number of hydrazone groups is 1. The van der Waals surface area contributed by atoms with E-state index in [0.29, 0.717) is 0 Å². The van der Waals surface area contributed by atoms with Gasteiger partial charge < -0.3 is 0 Å². The fraction of sp³-hybridized carbons (Fsp3) is 0.316. The van der Waals surface area contributed by atoms with E-state index < -0.39 is 0 Å². The minimum Gasteiger partial charge on any atom is -0.295 e. The molecule has 0 atom stereocenters. The number of nitrogens with zero attached hydrogens (tertiary/aromatic N) is 3. The molecule has 0 radical (unpaired) electrons. The van der Waals surface area contributed by atoms with Gasteiger partial charge in [-0.2, -0.15) is 5.10 Å². The average Bonchev–Trinajstić information content (AvgIpc) is 2.56. The van der Waals surface area contributed by atoms with E-state index in [0.717, 1.165) is 32.7 Å². The van der Waals surface area contributed by atoms with Crippen LogP contribution in [-0.4, -0.2) is 42.3 Å². The van der Waals surface area contributed by atoms with E-state index in [2.05, 4.69) is 76.5 Å². The van der Waals surface area contributed by atoms with Crippen molar-refractivity contribution in [3.05, 3.63) is 71.3 Å². The van der Waals surface area contributed by atoms with Crippen LogP contribution >= 0.6 is 0 Å². The Balaban J connectivity index is 1.51. The van der Waals surface area contributed by atoms with Gasteiger partial charge in [0.2, 0.25) is 0 Å². The minimum atomic E-state index is 0.995. The molecular formula is C19H23N3. The first-order valence-electron chi connectivity index (χ1n) is 7.92. The van der Waals surface area contributed by atoms with Crippen LogP contribution in [0.5, 0.6) is 0 Å². The van der Waals surface area contributed by atoms with E-state index in [1.165, 1.54) is 16.7 Å². The Labute approximate surface area is 132 Å². The highest BCUT2D eigenvalue weighted by molar-refractivity contribution is 5.81. The molecule has 1 aliphatic rings. The Morgan fingerprint density at radius 2 is 1.59 bits per heavy atom. The van der Waals surface area contributed by atoms with Crippen molar-refractivity contribution in [3.63, 3.8) is 0 Å². The van der Waals surface area contributed by atoms with Crippen LogP contribution in [0.4, 0.5) is 0 Å². The minimum absolute atomic E-state index is 0.995. The molecule has 0 saturated carbocycles. The molecule has 3 nitrogen and oxygen atoms in total. The molecule has 22 heavy (non-hydrogen) atoms.